The SMILES string of the molecule is N#Cc1ccc2c(C(=O)O)cn(C(N)=O)c2c1. The van der Waals surface area contributed by atoms with Gasteiger partial charge in [0, 0.05) is 11.6 Å². The van der Waals surface area contributed by atoms with Crippen LogP contribution in [-0.4, -0.2) is 21.7 Å². The van der Waals surface area contributed by atoms with Crippen LogP contribution in [0.5, 0.6) is 0 Å². The lowest BCUT2D eigenvalue weighted by atomic mass is 10.1. The van der Waals surface area contributed by atoms with Crippen molar-refractivity contribution in [1.29, 1.82) is 5.26 Å². The first-order valence-electron chi connectivity index (χ1n) is 4.63. The summed E-state index contributed by atoms with van der Waals surface area (Å²) in [6.07, 6.45) is 1.15. The second kappa shape index (κ2) is 3.64. The summed E-state index contributed by atoms with van der Waals surface area (Å²) in [7, 11) is 0. The molecule has 2 aromatic rings. The maximum Gasteiger partial charge on any atom is 0.337 e. The molecule has 0 saturated carbocycles. The van der Waals surface area contributed by atoms with Gasteiger partial charge in [0.15, 0.2) is 0 Å². The number of aromatic carboxylic acids is 1. The molecule has 0 aliphatic heterocycles. The van der Waals surface area contributed by atoms with Gasteiger partial charge in [-0.15, -0.1) is 0 Å². The lowest BCUT2D eigenvalue weighted by Gasteiger charge is -1.98. The highest BCUT2D eigenvalue weighted by Crippen LogP contribution is 2.22. The molecule has 0 spiro atoms. The van der Waals surface area contributed by atoms with Gasteiger partial charge in [-0.2, -0.15) is 5.26 Å². The lowest BCUT2D eigenvalue weighted by molar-refractivity contribution is 0.0699. The predicted molar refractivity (Wildman–Crippen MR) is 58.6 cm³/mol. The topological polar surface area (TPSA) is 109 Å². The molecule has 2 rings (SSSR count). The summed E-state index contributed by atoms with van der Waals surface area (Å²) >= 11 is 0. The van der Waals surface area contributed by atoms with Crippen molar-refractivity contribution in [3.63, 3.8) is 0 Å². The molecule has 1 aromatic carbocycles. The van der Waals surface area contributed by atoms with E-state index in [0.717, 1.165) is 10.8 Å². The number of primary amides is 1. The minimum absolute atomic E-state index is 0.0247. The van der Waals surface area contributed by atoms with Gasteiger partial charge in [-0.1, -0.05) is 6.07 Å². The number of amides is 1. The Bertz CT molecular complexity index is 679. The van der Waals surface area contributed by atoms with E-state index in [1.54, 1.807) is 0 Å². The molecule has 84 valence electrons. The Morgan fingerprint density at radius 3 is 2.65 bits per heavy atom. The number of carboxylic acid groups (broad SMARTS) is 1. The summed E-state index contributed by atoms with van der Waals surface area (Å²) in [6, 6.07) is 5.51. The third kappa shape index (κ3) is 1.59. The van der Waals surface area contributed by atoms with Gasteiger partial charge in [-0.05, 0) is 12.1 Å². The van der Waals surface area contributed by atoms with E-state index in [0.29, 0.717) is 16.5 Å². The largest absolute Gasteiger partial charge is 0.478 e. The highest BCUT2D eigenvalue weighted by atomic mass is 16.4. The van der Waals surface area contributed by atoms with Gasteiger partial charge < -0.3 is 10.8 Å². The van der Waals surface area contributed by atoms with Crippen LogP contribution < -0.4 is 5.73 Å². The van der Waals surface area contributed by atoms with E-state index >= 15 is 0 Å². The van der Waals surface area contributed by atoms with E-state index < -0.39 is 12.0 Å². The average molecular weight is 229 g/mol. The molecular formula is C11H7N3O3. The van der Waals surface area contributed by atoms with Gasteiger partial charge in [-0.25, -0.2) is 9.59 Å². The molecule has 6 heteroatoms. The van der Waals surface area contributed by atoms with Crippen molar-refractivity contribution in [3.05, 3.63) is 35.5 Å². The third-order valence-corrected chi connectivity index (χ3v) is 2.40. The number of nitrogens with two attached hydrogens (primary N) is 1. The van der Waals surface area contributed by atoms with E-state index in [1.165, 1.54) is 18.2 Å². The van der Waals surface area contributed by atoms with Crippen molar-refractivity contribution >= 4 is 22.9 Å². The average Bonchev–Trinajstić information content (AvgIpc) is 2.67. The third-order valence-electron chi connectivity index (χ3n) is 2.40. The van der Waals surface area contributed by atoms with Gasteiger partial charge in [0.2, 0.25) is 0 Å². The molecule has 6 nitrogen and oxygen atoms in total. The van der Waals surface area contributed by atoms with Crippen LogP contribution in [0.1, 0.15) is 15.9 Å². The maximum absolute atomic E-state index is 11.2. The Labute approximate surface area is 95.5 Å². The molecule has 17 heavy (non-hydrogen) atoms. The highest BCUT2D eigenvalue weighted by Gasteiger charge is 2.16. The molecule has 3 N–H and O–H groups in total. The summed E-state index contributed by atoms with van der Waals surface area (Å²) in [5.74, 6) is -1.15. The molecule has 0 bridgehead atoms. The first-order chi connectivity index (χ1) is 8.04. The van der Waals surface area contributed by atoms with Gasteiger partial charge in [0.25, 0.3) is 0 Å². The van der Waals surface area contributed by atoms with Crippen LogP contribution in [0.3, 0.4) is 0 Å². The van der Waals surface area contributed by atoms with Crippen LogP contribution in [0.15, 0.2) is 24.4 Å². The second-order valence-corrected chi connectivity index (χ2v) is 3.40. The molecule has 0 fully saturated rings. The zero-order valence-electron chi connectivity index (χ0n) is 8.54. The fraction of sp³-hybridized carbons (Fsp3) is 0. The van der Waals surface area contributed by atoms with Crippen molar-refractivity contribution in [2.75, 3.05) is 0 Å². The first kappa shape index (κ1) is 10.7. The van der Waals surface area contributed by atoms with Crippen LogP contribution in [0, 0.1) is 11.3 Å². The fourth-order valence-electron chi connectivity index (χ4n) is 1.65. The van der Waals surface area contributed by atoms with Crippen LogP contribution in [0.2, 0.25) is 0 Å². The summed E-state index contributed by atoms with van der Waals surface area (Å²) in [5, 5.41) is 18.1. The zero-order valence-corrected chi connectivity index (χ0v) is 8.54. The number of hydrogen-bond donors (Lipinski definition) is 2. The maximum atomic E-state index is 11.2. The Hall–Kier alpha value is -2.81. The number of benzene rings is 1. The van der Waals surface area contributed by atoms with Crippen LogP contribution >= 0.6 is 0 Å². The van der Waals surface area contributed by atoms with Gasteiger partial charge in [0.1, 0.15) is 0 Å². The number of fused-ring (bicyclic) bond motifs is 1. The molecule has 0 radical (unpaired) electrons. The lowest BCUT2D eigenvalue weighted by Crippen LogP contribution is -2.18. The van der Waals surface area contributed by atoms with Crippen molar-refractivity contribution in [2.24, 2.45) is 5.73 Å². The Morgan fingerprint density at radius 2 is 2.12 bits per heavy atom. The van der Waals surface area contributed by atoms with Crippen LogP contribution in [-0.2, 0) is 0 Å². The van der Waals surface area contributed by atoms with E-state index in [-0.39, 0.29) is 5.56 Å². The molecule has 1 amide bonds. The predicted octanol–water partition coefficient (Wildman–Crippen LogP) is 1.14. The van der Waals surface area contributed by atoms with Gasteiger partial charge in [-0.3, -0.25) is 4.57 Å². The van der Waals surface area contributed by atoms with Crippen molar-refractivity contribution in [1.82, 2.24) is 4.57 Å². The Kier molecular flexibility index (Phi) is 2.29. The molecule has 0 aliphatic rings. The molecule has 0 aliphatic carbocycles. The number of rotatable bonds is 1. The van der Waals surface area contributed by atoms with Crippen molar-refractivity contribution in [2.45, 2.75) is 0 Å². The standard InChI is InChI=1S/C11H7N3O3/c12-4-6-1-2-7-8(10(15)16)5-14(11(13)17)9(7)3-6/h1-3,5H,(H2,13,17)(H,15,16). The summed E-state index contributed by atoms with van der Waals surface area (Å²) in [4.78, 5) is 22.1. The molecule has 0 unspecified atom stereocenters. The van der Waals surface area contributed by atoms with Crippen molar-refractivity contribution in [3.8, 4) is 6.07 Å². The molecule has 1 heterocycles. The number of carboxylic acids is 1. The number of hydrogen-bond acceptors (Lipinski definition) is 3. The smallest absolute Gasteiger partial charge is 0.337 e. The first-order valence-corrected chi connectivity index (χ1v) is 4.63. The van der Waals surface area contributed by atoms with Gasteiger partial charge >= 0.3 is 12.0 Å². The summed E-state index contributed by atoms with van der Waals surface area (Å²) in [6.45, 7) is 0. The number of carbonyl (C=O) groups excluding carboxylic acids is 1. The number of aromatic nitrogens is 1. The molecule has 1 aromatic heterocycles. The Balaban J connectivity index is 2.87. The quantitative estimate of drug-likeness (QED) is 0.763. The minimum atomic E-state index is -1.15. The molecule has 0 saturated heterocycles. The monoisotopic (exact) mass is 229 g/mol. The van der Waals surface area contributed by atoms with Crippen molar-refractivity contribution < 1.29 is 14.7 Å². The van der Waals surface area contributed by atoms with E-state index in [4.69, 9.17) is 16.1 Å². The fourth-order valence-corrected chi connectivity index (χ4v) is 1.65. The zero-order chi connectivity index (χ0) is 12.6. The molecule has 0 atom stereocenters. The normalized spacial score (nSPS) is 10.1. The van der Waals surface area contributed by atoms with Crippen LogP contribution in [0.4, 0.5) is 4.79 Å². The minimum Gasteiger partial charge on any atom is -0.478 e. The molecular weight excluding hydrogens is 222 g/mol. The second-order valence-electron chi connectivity index (χ2n) is 3.40. The number of carbonyl (C=O) groups is 2. The number of nitrogens with zero attached hydrogens (tertiary/aromatic N) is 2. The Morgan fingerprint density at radius 1 is 1.41 bits per heavy atom. The van der Waals surface area contributed by atoms with Crippen LogP contribution in [0.25, 0.3) is 10.9 Å². The summed E-state index contributed by atoms with van der Waals surface area (Å²) in [5.41, 5.74) is 5.75. The summed E-state index contributed by atoms with van der Waals surface area (Å²) < 4.78 is 1.01. The highest BCUT2D eigenvalue weighted by molar-refractivity contribution is 6.06. The van der Waals surface area contributed by atoms with Gasteiger partial charge in [0.05, 0.1) is 22.7 Å². The number of nitriles is 1. The van der Waals surface area contributed by atoms with E-state index in [9.17, 15) is 9.59 Å². The van der Waals surface area contributed by atoms with E-state index in [2.05, 4.69) is 0 Å². The van der Waals surface area contributed by atoms with E-state index in [1.807, 2.05) is 6.07 Å².